The summed E-state index contributed by atoms with van der Waals surface area (Å²) in [6.07, 6.45) is 1.76. The van der Waals surface area contributed by atoms with Gasteiger partial charge in [0.2, 0.25) is 15.9 Å². The van der Waals surface area contributed by atoms with Crippen molar-refractivity contribution in [2.75, 3.05) is 11.9 Å². The monoisotopic (exact) mass is 414 g/mol. The van der Waals surface area contributed by atoms with Crippen LogP contribution in [0.3, 0.4) is 0 Å². The van der Waals surface area contributed by atoms with E-state index < -0.39 is 10.0 Å². The third kappa shape index (κ3) is 5.99. The molecule has 26 heavy (non-hydrogen) atoms. The highest BCUT2D eigenvalue weighted by Crippen LogP contribution is 2.23. The van der Waals surface area contributed by atoms with Crippen molar-refractivity contribution in [1.82, 2.24) is 4.72 Å². The molecule has 0 fully saturated rings. The average Bonchev–Trinajstić information content (AvgIpc) is 2.58. The fourth-order valence-electron chi connectivity index (χ4n) is 2.25. The van der Waals surface area contributed by atoms with Gasteiger partial charge in [-0.05, 0) is 42.3 Å². The summed E-state index contributed by atoms with van der Waals surface area (Å²) >= 11 is 11.8. The Kier molecular flexibility index (Phi) is 7.46. The molecule has 0 heterocycles. The molecule has 0 atom stereocenters. The van der Waals surface area contributed by atoms with Crippen molar-refractivity contribution in [2.45, 2.75) is 31.1 Å². The summed E-state index contributed by atoms with van der Waals surface area (Å²) < 4.78 is 27.0. The Morgan fingerprint density at radius 3 is 2.54 bits per heavy atom. The van der Waals surface area contributed by atoms with E-state index in [2.05, 4.69) is 10.0 Å². The molecule has 140 valence electrons. The first-order valence-electron chi connectivity index (χ1n) is 8.15. The standard InChI is InChI=1S/C18H20Cl2N2O3S/c1-2-3-9-21-26(24,25)15-6-4-5-14(12-15)22-18(23)11-13-7-8-16(19)17(20)10-13/h4-8,10,12,21H,2-3,9,11H2,1H3,(H,22,23). The number of amides is 1. The van der Waals surface area contributed by atoms with Gasteiger partial charge in [0.15, 0.2) is 0 Å². The molecule has 2 aromatic carbocycles. The van der Waals surface area contributed by atoms with Gasteiger partial charge in [-0.3, -0.25) is 4.79 Å². The first kappa shape index (κ1) is 20.7. The SMILES string of the molecule is CCCCNS(=O)(=O)c1cccc(NC(=O)Cc2ccc(Cl)c(Cl)c2)c1. The highest BCUT2D eigenvalue weighted by atomic mass is 35.5. The average molecular weight is 415 g/mol. The van der Waals surface area contributed by atoms with Gasteiger partial charge in [0.1, 0.15) is 0 Å². The van der Waals surface area contributed by atoms with Gasteiger partial charge >= 0.3 is 0 Å². The third-order valence-corrected chi connectivity index (χ3v) is 5.80. The highest BCUT2D eigenvalue weighted by molar-refractivity contribution is 7.89. The molecule has 0 aromatic heterocycles. The number of carbonyl (C=O) groups is 1. The van der Waals surface area contributed by atoms with Crippen LogP contribution in [0.25, 0.3) is 0 Å². The summed E-state index contributed by atoms with van der Waals surface area (Å²) in [4.78, 5) is 12.3. The smallest absolute Gasteiger partial charge is 0.240 e. The fourth-order valence-corrected chi connectivity index (χ4v) is 3.69. The molecule has 0 unspecified atom stereocenters. The molecular weight excluding hydrogens is 395 g/mol. The Morgan fingerprint density at radius 1 is 1.08 bits per heavy atom. The molecule has 0 aliphatic rings. The third-order valence-electron chi connectivity index (χ3n) is 3.60. The minimum absolute atomic E-state index is 0.0998. The maximum atomic E-state index is 12.3. The van der Waals surface area contributed by atoms with Crippen LogP contribution in [0.4, 0.5) is 5.69 Å². The second kappa shape index (κ2) is 9.37. The number of nitrogens with one attached hydrogen (secondary N) is 2. The Hall–Kier alpha value is -1.60. The number of unbranched alkanes of at least 4 members (excludes halogenated alkanes) is 1. The lowest BCUT2D eigenvalue weighted by molar-refractivity contribution is -0.115. The second-order valence-electron chi connectivity index (χ2n) is 5.75. The van der Waals surface area contributed by atoms with Gasteiger partial charge < -0.3 is 5.32 Å². The number of anilines is 1. The van der Waals surface area contributed by atoms with Gasteiger partial charge in [0.25, 0.3) is 0 Å². The molecule has 5 nitrogen and oxygen atoms in total. The number of rotatable bonds is 8. The van der Waals surface area contributed by atoms with Crippen molar-refractivity contribution < 1.29 is 13.2 Å². The van der Waals surface area contributed by atoms with Crippen molar-refractivity contribution in [3.8, 4) is 0 Å². The first-order valence-corrected chi connectivity index (χ1v) is 10.4. The van der Waals surface area contributed by atoms with E-state index in [9.17, 15) is 13.2 Å². The first-order chi connectivity index (χ1) is 12.3. The van der Waals surface area contributed by atoms with Crippen LogP contribution >= 0.6 is 23.2 Å². The van der Waals surface area contributed by atoms with E-state index >= 15 is 0 Å². The molecule has 0 aliphatic heterocycles. The van der Waals surface area contributed by atoms with Crippen molar-refractivity contribution in [3.63, 3.8) is 0 Å². The van der Waals surface area contributed by atoms with E-state index in [0.29, 0.717) is 27.8 Å². The van der Waals surface area contributed by atoms with Gasteiger partial charge in [0, 0.05) is 12.2 Å². The lowest BCUT2D eigenvalue weighted by atomic mass is 10.1. The summed E-state index contributed by atoms with van der Waals surface area (Å²) in [6, 6.07) is 11.1. The van der Waals surface area contributed by atoms with E-state index in [1.807, 2.05) is 6.92 Å². The minimum atomic E-state index is -3.59. The zero-order valence-corrected chi connectivity index (χ0v) is 16.6. The van der Waals surface area contributed by atoms with E-state index in [4.69, 9.17) is 23.2 Å². The largest absolute Gasteiger partial charge is 0.326 e. The van der Waals surface area contributed by atoms with Crippen LogP contribution < -0.4 is 10.0 Å². The van der Waals surface area contributed by atoms with Crippen LogP contribution in [0.2, 0.25) is 10.0 Å². The zero-order chi connectivity index (χ0) is 19.2. The normalized spacial score (nSPS) is 11.3. The molecule has 2 rings (SSSR count). The summed E-state index contributed by atoms with van der Waals surface area (Å²) in [5.74, 6) is -0.281. The summed E-state index contributed by atoms with van der Waals surface area (Å²) in [5, 5.41) is 3.50. The molecule has 8 heteroatoms. The second-order valence-corrected chi connectivity index (χ2v) is 8.33. The molecule has 0 radical (unpaired) electrons. The molecule has 0 spiro atoms. The predicted molar refractivity (Wildman–Crippen MR) is 105 cm³/mol. The van der Waals surface area contributed by atoms with E-state index in [-0.39, 0.29) is 17.2 Å². The predicted octanol–water partition coefficient (Wildman–Crippen LogP) is 4.25. The Bertz CT molecular complexity index is 886. The van der Waals surface area contributed by atoms with Crippen LogP contribution in [0, 0.1) is 0 Å². The number of benzene rings is 2. The molecular formula is C18H20Cl2N2O3S. The number of hydrogen-bond donors (Lipinski definition) is 2. The molecule has 1 amide bonds. The number of hydrogen-bond acceptors (Lipinski definition) is 3. The zero-order valence-electron chi connectivity index (χ0n) is 14.3. The van der Waals surface area contributed by atoms with E-state index in [1.165, 1.54) is 12.1 Å². The van der Waals surface area contributed by atoms with Crippen LogP contribution in [0.15, 0.2) is 47.4 Å². The quantitative estimate of drug-likeness (QED) is 0.633. The van der Waals surface area contributed by atoms with E-state index in [0.717, 1.165) is 12.8 Å². The minimum Gasteiger partial charge on any atom is -0.326 e. The van der Waals surface area contributed by atoms with Crippen LogP contribution in [0.1, 0.15) is 25.3 Å². The number of sulfonamides is 1. The maximum Gasteiger partial charge on any atom is 0.240 e. The lowest BCUT2D eigenvalue weighted by Gasteiger charge is -2.09. The number of halogens is 2. The Morgan fingerprint density at radius 2 is 1.85 bits per heavy atom. The molecule has 2 aromatic rings. The van der Waals surface area contributed by atoms with Crippen LogP contribution in [-0.4, -0.2) is 20.9 Å². The lowest BCUT2D eigenvalue weighted by Crippen LogP contribution is -2.25. The fraction of sp³-hybridized carbons (Fsp3) is 0.278. The van der Waals surface area contributed by atoms with Crippen LogP contribution in [0.5, 0.6) is 0 Å². The molecule has 2 N–H and O–H groups in total. The highest BCUT2D eigenvalue weighted by Gasteiger charge is 2.14. The maximum absolute atomic E-state index is 12.3. The number of carbonyl (C=O) groups excluding carboxylic acids is 1. The van der Waals surface area contributed by atoms with Gasteiger partial charge in [-0.25, -0.2) is 13.1 Å². The van der Waals surface area contributed by atoms with Gasteiger partial charge in [-0.1, -0.05) is 48.7 Å². The molecule has 0 aliphatic carbocycles. The van der Waals surface area contributed by atoms with Crippen LogP contribution in [-0.2, 0) is 21.2 Å². The summed E-state index contributed by atoms with van der Waals surface area (Å²) in [5.41, 5.74) is 1.12. The van der Waals surface area contributed by atoms with Gasteiger partial charge in [-0.2, -0.15) is 0 Å². The van der Waals surface area contributed by atoms with Crippen molar-refractivity contribution in [1.29, 1.82) is 0 Å². The Labute approximate surface area is 163 Å². The molecule has 0 saturated heterocycles. The van der Waals surface area contributed by atoms with Crippen molar-refractivity contribution >= 4 is 44.8 Å². The van der Waals surface area contributed by atoms with Gasteiger partial charge in [-0.15, -0.1) is 0 Å². The Balaban J connectivity index is 2.05. The topological polar surface area (TPSA) is 75.3 Å². The molecule has 0 saturated carbocycles. The summed E-state index contributed by atoms with van der Waals surface area (Å²) in [6.45, 7) is 2.37. The summed E-state index contributed by atoms with van der Waals surface area (Å²) in [7, 11) is -3.59. The molecule has 0 bridgehead atoms. The van der Waals surface area contributed by atoms with Crippen molar-refractivity contribution in [3.05, 3.63) is 58.1 Å². The van der Waals surface area contributed by atoms with Gasteiger partial charge in [0.05, 0.1) is 21.4 Å². The van der Waals surface area contributed by atoms with Crippen molar-refractivity contribution in [2.24, 2.45) is 0 Å². The van der Waals surface area contributed by atoms with E-state index in [1.54, 1.807) is 30.3 Å².